The van der Waals surface area contributed by atoms with Crippen molar-refractivity contribution in [3.63, 3.8) is 0 Å². The van der Waals surface area contributed by atoms with Crippen LogP contribution >= 0.6 is 0 Å². The Labute approximate surface area is 124 Å². The third-order valence-corrected chi connectivity index (χ3v) is 3.76. The SMILES string of the molecule is O=C(Nc1ccc(C#CCO)c(F)c1)C1CCCCCC1. The van der Waals surface area contributed by atoms with E-state index < -0.39 is 5.82 Å². The zero-order valence-corrected chi connectivity index (χ0v) is 12.0. The van der Waals surface area contributed by atoms with Crippen LogP contribution < -0.4 is 5.32 Å². The number of halogens is 1. The molecule has 2 N–H and O–H groups in total. The molecule has 0 radical (unpaired) electrons. The van der Waals surface area contributed by atoms with Crippen molar-refractivity contribution >= 4 is 11.6 Å². The lowest BCUT2D eigenvalue weighted by Gasteiger charge is -2.14. The number of hydrogen-bond donors (Lipinski definition) is 2. The molecule has 1 aliphatic rings. The summed E-state index contributed by atoms with van der Waals surface area (Å²) >= 11 is 0. The number of aliphatic hydroxyl groups excluding tert-OH is 1. The molecular formula is C17H20FNO2. The molecule has 1 fully saturated rings. The summed E-state index contributed by atoms with van der Waals surface area (Å²) in [5.41, 5.74) is 0.674. The molecule has 1 amide bonds. The maximum atomic E-state index is 13.8. The molecule has 1 saturated carbocycles. The van der Waals surface area contributed by atoms with Crippen molar-refractivity contribution in [1.82, 2.24) is 0 Å². The summed E-state index contributed by atoms with van der Waals surface area (Å²) in [5.74, 6) is 4.45. The van der Waals surface area contributed by atoms with Gasteiger partial charge < -0.3 is 10.4 Å². The van der Waals surface area contributed by atoms with Gasteiger partial charge in [-0.15, -0.1) is 0 Å². The van der Waals surface area contributed by atoms with Gasteiger partial charge in [0, 0.05) is 11.6 Å². The molecule has 0 bridgehead atoms. The zero-order chi connectivity index (χ0) is 15.1. The molecule has 1 aromatic rings. The number of benzene rings is 1. The van der Waals surface area contributed by atoms with Crippen molar-refractivity contribution in [2.45, 2.75) is 38.5 Å². The van der Waals surface area contributed by atoms with Gasteiger partial charge in [0.15, 0.2) is 0 Å². The van der Waals surface area contributed by atoms with E-state index in [1.165, 1.54) is 25.0 Å². The van der Waals surface area contributed by atoms with Crippen molar-refractivity contribution in [3.05, 3.63) is 29.6 Å². The van der Waals surface area contributed by atoms with Gasteiger partial charge in [0.05, 0.1) is 5.56 Å². The number of nitrogens with one attached hydrogen (secondary N) is 1. The molecule has 0 unspecified atom stereocenters. The highest BCUT2D eigenvalue weighted by molar-refractivity contribution is 5.92. The van der Waals surface area contributed by atoms with E-state index in [4.69, 9.17) is 5.11 Å². The van der Waals surface area contributed by atoms with E-state index in [9.17, 15) is 9.18 Å². The highest BCUT2D eigenvalue weighted by atomic mass is 19.1. The van der Waals surface area contributed by atoms with Crippen molar-refractivity contribution in [1.29, 1.82) is 0 Å². The smallest absolute Gasteiger partial charge is 0.227 e. The predicted molar refractivity (Wildman–Crippen MR) is 80.2 cm³/mol. The lowest BCUT2D eigenvalue weighted by atomic mass is 9.99. The number of carbonyl (C=O) groups excluding carboxylic acids is 1. The highest BCUT2D eigenvalue weighted by Gasteiger charge is 2.20. The van der Waals surface area contributed by atoms with E-state index in [0.717, 1.165) is 25.7 Å². The number of anilines is 1. The van der Waals surface area contributed by atoms with Gasteiger partial charge in [-0.2, -0.15) is 0 Å². The molecule has 0 aromatic heterocycles. The first-order valence-electron chi connectivity index (χ1n) is 7.41. The van der Waals surface area contributed by atoms with Gasteiger partial charge >= 0.3 is 0 Å². The summed E-state index contributed by atoms with van der Waals surface area (Å²) in [6, 6.07) is 4.43. The summed E-state index contributed by atoms with van der Waals surface area (Å²) < 4.78 is 13.8. The van der Waals surface area contributed by atoms with Crippen LogP contribution in [0.15, 0.2) is 18.2 Å². The van der Waals surface area contributed by atoms with Crippen molar-refractivity contribution in [3.8, 4) is 11.8 Å². The summed E-state index contributed by atoms with van der Waals surface area (Å²) in [4.78, 5) is 12.2. The van der Waals surface area contributed by atoms with Crippen LogP contribution in [0.1, 0.15) is 44.1 Å². The van der Waals surface area contributed by atoms with Crippen molar-refractivity contribution in [2.75, 3.05) is 11.9 Å². The number of aliphatic hydroxyl groups is 1. The van der Waals surface area contributed by atoms with Gasteiger partial charge in [0.2, 0.25) is 5.91 Å². The molecule has 0 saturated heterocycles. The minimum Gasteiger partial charge on any atom is -0.384 e. The molecule has 0 heterocycles. The number of carbonyl (C=O) groups is 1. The molecule has 112 valence electrons. The van der Waals surface area contributed by atoms with Gasteiger partial charge in [-0.1, -0.05) is 37.5 Å². The third-order valence-electron chi connectivity index (χ3n) is 3.76. The summed E-state index contributed by atoms with van der Waals surface area (Å²) in [6.07, 6.45) is 6.38. The van der Waals surface area contributed by atoms with Gasteiger partial charge in [-0.05, 0) is 31.0 Å². The van der Waals surface area contributed by atoms with E-state index >= 15 is 0 Å². The van der Waals surface area contributed by atoms with Crippen LogP contribution in [0.4, 0.5) is 10.1 Å². The predicted octanol–water partition coefficient (Wildman–Crippen LogP) is 3.08. The fourth-order valence-electron chi connectivity index (χ4n) is 2.61. The minimum absolute atomic E-state index is 0.0227. The van der Waals surface area contributed by atoms with Gasteiger partial charge in [-0.3, -0.25) is 4.79 Å². The lowest BCUT2D eigenvalue weighted by Crippen LogP contribution is -2.22. The number of hydrogen-bond acceptors (Lipinski definition) is 2. The second-order valence-corrected chi connectivity index (χ2v) is 5.33. The van der Waals surface area contributed by atoms with Crippen LogP contribution in [0.2, 0.25) is 0 Å². The minimum atomic E-state index is -0.491. The fourth-order valence-corrected chi connectivity index (χ4v) is 2.61. The van der Waals surface area contributed by atoms with E-state index in [1.807, 2.05) is 0 Å². The molecule has 21 heavy (non-hydrogen) atoms. The Hall–Kier alpha value is -1.86. The van der Waals surface area contributed by atoms with E-state index in [-0.39, 0.29) is 24.0 Å². The third kappa shape index (κ3) is 4.57. The maximum absolute atomic E-state index is 13.8. The largest absolute Gasteiger partial charge is 0.384 e. The Bertz CT molecular complexity index is 552. The quantitative estimate of drug-likeness (QED) is 0.649. The second kappa shape index (κ2) is 7.80. The van der Waals surface area contributed by atoms with E-state index in [0.29, 0.717) is 5.69 Å². The molecule has 1 aromatic carbocycles. The summed E-state index contributed by atoms with van der Waals surface area (Å²) in [5, 5.41) is 11.4. The van der Waals surface area contributed by atoms with Crippen LogP contribution in [0, 0.1) is 23.6 Å². The first kappa shape index (κ1) is 15.5. The first-order chi connectivity index (χ1) is 10.2. The normalized spacial score (nSPS) is 15.7. The van der Waals surface area contributed by atoms with Gasteiger partial charge in [0.1, 0.15) is 12.4 Å². The molecule has 3 nitrogen and oxygen atoms in total. The molecule has 0 atom stereocenters. The number of rotatable bonds is 2. The number of amides is 1. The maximum Gasteiger partial charge on any atom is 0.227 e. The van der Waals surface area contributed by atoms with Crippen LogP contribution in [0.25, 0.3) is 0 Å². The fraction of sp³-hybridized carbons (Fsp3) is 0.471. The molecule has 4 heteroatoms. The topological polar surface area (TPSA) is 49.3 Å². The lowest BCUT2D eigenvalue weighted by molar-refractivity contribution is -0.120. The first-order valence-corrected chi connectivity index (χ1v) is 7.41. The van der Waals surface area contributed by atoms with E-state index in [1.54, 1.807) is 6.07 Å². The summed E-state index contributed by atoms with van der Waals surface area (Å²) in [6.45, 7) is -0.306. The van der Waals surface area contributed by atoms with E-state index in [2.05, 4.69) is 17.2 Å². The Balaban J connectivity index is 2.02. The average Bonchev–Trinajstić information content (AvgIpc) is 2.75. The standard InChI is InChI=1S/C17H20FNO2/c18-16-12-15(10-9-13(16)8-5-11-20)19-17(21)14-6-3-1-2-4-7-14/h9-10,12,14,20H,1-4,6-7,11H2,(H,19,21). The van der Waals surface area contributed by atoms with Crippen molar-refractivity contribution in [2.24, 2.45) is 5.92 Å². The molecule has 2 rings (SSSR count). The molecule has 0 spiro atoms. The van der Waals surface area contributed by atoms with Crippen molar-refractivity contribution < 1.29 is 14.3 Å². The van der Waals surface area contributed by atoms with Crippen LogP contribution in [0.5, 0.6) is 0 Å². The summed E-state index contributed by atoms with van der Waals surface area (Å²) in [7, 11) is 0. The Morgan fingerprint density at radius 3 is 2.62 bits per heavy atom. The van der Waals surface area contributed by atoms with Crippen LogP contribution in [0.3, 0.4) is 0 Å². The molecular weight excluding hydrogens is 269 g/mol. The van der Waals surface area contributed by atoms with Gasteiger partial charge in [-0.25, -0.2) is 4.39 Å². The molecule has 1 aliphatic carbocycles. The van der Waals surface area contributed by atoms with Gasteiger partial charge in [0.25, 0.3) is 0 Å². The zero-order valence-electron chi connectivity index (χ0n) is 12.0. The highest BCUT2D eigenvalue weighted by Crippen LogP contribution is 2.24. The Morgan fingerprint density at radius 1 is 1.29 bits per heavy atom. The second-order valence-electron chi connectivity index (χ2n) is 5.33. The average molecular weight is 289 g/mol. The Morgan fingerprint density at radius 2 is 2.00 bits per heavy atom. The van der Waals surface area contributed by atoms with Crippen LogP contribution in [-0.2, 0) is 4.79 Å². The monoisotopic (exact) mass is 289 g/mol. The van der Waals surface area contributed by atoms with Crippen LogP contribution in [-0.4, -0.2) is 17.6 Å². The molecule has 0 aliphatic heterocycles. The Kier molecular flexibility index (Phi) is 5.77.